The number of carboxylic acids is 1. The lowest BCUT2D eigenvalue weighted by molar-refractivity contribution is -0.152. The Balaban J connectivity index is 0.000000321. The number of carbonyl (C=O) groups is 6. The van der Waals surface area contributed by atoms with Crippen LogP contribution in [0.15, 0.2) is 97.1 Å². The number of likely N-dealkylation sites (tertiary alicyclic amines) is 2. The third kappa shape index (κ3) is 17.4. The summed E-state index contributed by atoms with van der Waals surface area (Å²) in [5, 5.41) is 12.6. The smallest absolute Gasteiger partial charge is 0.328 e. The molecular formula is C50H59Cl4FN6O8. The van der Waals surface area contributed by atoms with E-state index < -0.39 is 23.8 Å². The van der Waals surface area contributed by atoms with Crippen molar-refractivity contribution in [2.24, 2.45) is 0 Å². The van der Waals surface area contributed by atoms with Crippen molar-refractivity contribution in [3.05, 3.63) is 139 Å². The number of nitrogen functional groups attached to an aromatic ring is 1. The first-order valence-corrected chi connectivity index (χ1v) is 23.7. The van der Waals surface area contributed by atoms with E-state index in [9.17, 15) is 28.8 Å². The number of cyclic esters (lactones) is 2. The highest BCUT2D eigenvalue weighted by molar-refractivity contribution is 6.42. The number of aliphatic carboxylic acids is 1. The fraction of sp³-hybridized carbons (Fsp3) is 0.360. The van der Waals surface area contributed by atoms with Gasteiger partial charge in [0.1, 0.15) is 0 Å². The van der Waals surface area contributed by atoms with Crippen molar-refractivity contribution in [2.45, 2.75) is 63.5 Å². The largest absolute Gasteiger partial charge is 0.478 e. The Morgan fingerprint density at radius 2 is 1.09 bits per heavy atom. The molecule has 4 aromatic rings. The molecule has 4 N–H and O–H groups in total. The van der Waals surface area contributed by atoms with Crippen LogP contribution < -0.4 is 11.1 Å². The number of benzene rings is 4. The molecule has 0 saturated carbocycles. The molecular weight excluding hydrogens is 973 g/mol. The first-order valence-electron chi connectivity index (χ1n) is 22.2. The Bertz CT molecular complexity index is 2430. The molecule has 69 heavy (non-hydrogen) atoms. The highest BCUT2D eigenvalue weighted by Crippen LogP contribution is 2.32. The van der Waals surface area contributed by atoms with Crippen LogP contribution in [0.3, 0.4) is 0 Å². The summed E-state index contributed by atoms with van der Waals surface area (Å²) < 4.78 is 4.08. The molecule has 0 unspecified atom stereocenters. The summed E-state index contributed by atoms with van der Waals surface area (Å²) >= 11 is 24.4. The zero-order valence-electron chi connectivity index (χ0n) is 38.4. The monoisotopic (exact) mass is 1030 g/mol. The minimum absolute atomic E-state index is 0. The Labute approximate surface area is 423 Å². The van der Waals surface area contributed by atoms with Crippen LogP contribution in [0.4, 0.5) is 16.1 Å². The van der Waals surface area contributed by atoms with Crippen LogP contribution in [0.25, 0.3) is 0 Å². The summed E-state index contributed by atoms with van der Waals surface area (Å²) in [4.78, 5) is 77.6. The van der Waals surface area contributed by atoms with E-state index in [-0.39, 0.29) is 65.8 Å². The molecule has 14 nitrogen and oxygen atoms in total. The third-order valence-electron chi connectivity index (χ3n) is 11.8. The van der Waals surface area contributed by atoms with Gasteiger partial charge in [-0.15, -0.1) is 0 Å². The van der Waals surface area contributed by atoms with Gasteiger partial charge in [-0.25, -0.2) is 4.79 Å². The number of carbonyl (C=O) groups excluding carboxylic acids is 5. The van der Waals surface area contributed by atoms with Crippen molar-refractivity contribution in [3.63, 3.8) is 0 Å². The zero-order valence-corrected chi connectivity index (χ0v) is 41.4. The number of nitrogens with two attached hydrogens (primary N) is 1. The summed E-state index contributed by atoms with van der Waals surface area (Å²) in [6.45, 7) is 5.77. The van der Waals surface area contributed by atoms with Gasteiger partial charge < -0.3 is 40.5 Å². The van der Waals surface area contributed by atoms with Crippen LogP contribution in [-0.4, -0.2) is 114 Å². The topological polar surface area (TPSA) is 183 Å². The lowest BCUT2D eigenvalue weighted by atomic mass is 10.0. The number of anilines is 2. The molecule has 19 heteroatoms. The second-order valence-corrected chi connectivity index (χ2v) is 18.3. The number of hydrogen-bond donors (Lipinski definition) is 3. The molecule has 3 heterocycles. The number of amides is 3. The highest BCUT2D eigenvalue weighted by Gasteiger charge is 2.28. The number of ether oxygens (including phenoxy) is 1. The van der Waals surface area contributed by atoms with E-state index in [2.05, 4.69) is 32.0 Å². The predicted octanol–water partition coefficient (Wildman–Crippen LogP) is 9.07. The van der Waals surface area contributed by atoms with E-state index >= 15 is 0 Å². The van der Waals surface area contributed by atoms with Gasteiger partial charge in [0, 0.05) is 52.1 Å². The molecule has 7 rings (SSSR count). The number of carboxylic acid groups (broad SMARTS) is 1. The maximum absolute atomic E-state index is 13.4. The normalized spacial score (nSPS) is 15.4. The minimum Gasteiger partial charge on any atom is -0.478 e. The van der Waals surface area contributed by atoms with Crippen molar-refractivity contribution >= 4 is 93.4 Å². The number of halogens is 5. The lowest BCUT2D eigenvalue weighted by Gasteiger charge is -2.32. The van der Waals surface area contributed by atoms with Crippen LogP contribution in [0, 0.1) is 0 Å². The van der Waals surface area contributed by atoms with Crippen molar-refractivity contribution < 1.29 is 44.7 Å². The molecule has 0 bridgehead atoms. The van der Waals surface area contributed by atoms with Gasteiger partial charge in [0.25, 0.3) is 0 Å². The number of hydrogen-bond acceptors (Lipinski definition) is 10. The summed E-state index contributed by atoms with van der Waals surface area (Å²) in [6.07, 6.45) is 7.08. The molecule has 0 radical (unpaired) electrons. The van der Waals surface area contributed by atoms with Crippen molar-refractivity contribution in [1.29, 1.82) is 0 Å². The fourth-order valence-corrected chi connectivity index (χ4v) is 8.67. The van der Waals surface area contributed by atoms with Gasteiger partial charge in [-0.3, -0.25) is 28.7 Å². The van der Waals surface area contributed by atoms with Crippen LogP contribution >= 0.6 is 46.4 Å². The number of esters is 2. The van der Waals surface area contributed by atoms with E-state index in [0.29, 0.717) is 32.5 Å². The Kier molecular flexibility index (Phi) is 22.4. The van der Waals surface area contributed by atoms with Crippen LogP contribution in [0.5, 0.6) is 0 Å². The van der Waals surface area contributed by atoms with Crippen LogP contribution in [0.2, 0.25) is 20.1 Å². The Morgan fingerprint density at radius 3 is 1.51 bits per heavy atom. The van der Waals surface area contributed by atoms with Gasteiger partial charge in [0.15, 0.2) is 0 Å². The molecule has 3 saturated heterocycles. The predicted molar refractivity (Wildman–Crippen MR) is 270 cm³/mol. The third-order valence-corrected chi connectivity index (χ3v) is 13.2. The van der Waals surface area contributed by atoms with Crippen molar-refractivity contribution in [2.75, 3.05) is 64.4 Å². The molecule has 3 fully saturated rings. The van der Waals surface area contributed by atoms with Crippen LogP contribution in [0.1, 0.15) is 74.3 Å². The average Bonchev–Trinajstić information content (AvgIpc) is 4.12. The zero-order chi connectivity index (χ0) is 49.3. The summed E-state index contributed by atoms with van der Waals surface area (Å²) in [5.74, 6) is -2.84. The Morgan fingerprint density at radius 1 is 0.681 bits per heavy atom. The van der Waals surface area contributed by atoms with Gasteiger partial charge in [0.2, 0.25) is 17.7 Å². The maximum atomic E-state index is 13.4. The molecule has 3 amide bonds. The van der Waals surface area contributed by atoms with Gasteiger partial charge in [-0.2, -0.15) is 0 Å². The maximum Gasteiger partial charge on any atom is 0.328 e. The molecule has 0 aliphatic carbocycles. The number of nitrogens with one attached hydrogen (secondary N) is 1. The average molecular weight is 1030 g/mol. The quantitative estimate of drug-likeness (QED) is 0.0447. The fourth-order valence-electron chi connectivity index (χ4n) is 7.96. The lowest BCUT2D eigenvalue weighted by Crippen LogP contribution is -2.39. The number of likely N-dealkylation sites (N-methyl/N-ethyl adjacent to an activating group) is 2. The Hall–Kier alpha value is -5.55. The molecule has 3 aliphatic rings. The minimum atomic E-state index is -1.24. The van der Waals surface area contributed by atoms with Gasteiger partial charge >= 0.3 is 17.9 Å². The van der Waals surface area contributed by atoms with Gasteiger partial charge in [-0.1, -0.05) is 107 Å². The van der Waals surface area contributed by atoms with Gasteiger partial charge in [-0.05, 0) is 98.4 Å². The van der Waals surface area contributed by atoms with E-state index in [0.717, 1.165) is 75.4 Å². The molecule has 372 valence electrons. The van der Waals surface area contributed by atoms with Gasteiger partial charge in [0.05, 0.1) is 57.9 Å². The first-order chi connectivity index (χ1) is 32.5. The summed E-state index contributed by atoms with van der Waals surface area (Å²) in [6, 6.07) is 26.2. The van der Waals surface area contributed by atoms with Crippen molar-refractivity contribution in [3.8, 4) is 0 Å². The highest BCUT2D eigenvalue weighted by atomic mass is 35.5. The molecule has 3 aliphatic heterocycles. The van der Waals surface area contributed by atoms with Crippen molar-refractivity contribution in [1.82, 2.24) is 19.6 Å². The SMILES string of the molecule is CN(C(=O)Cc1cc(Cl)c(Cl)cc1N)[C@H](CN1CCCC1)c1ccccc1.CN(C(=O)Cc1cc(Cl)c(Cl)cc1NC(=O)/C=C\C(=O)O)[C@H](CN1CCCC1)c1ccccc1.F.O=C1CCC(=O)O1.[3HH]. The summed E-state index contributed by atoms with van der Waals surface area (Å²) in [5.41, 5.74) is 10.2. The van der Waals surface area contributed by atoms with E-state index in [4.69, 9.17) is 57.2 Å². The summed E-state index contributed by atoms with van der Waals surface area (Å²) in [7, 11) is 3.64. The van der Waals surface area contributed by atoms with E-state index in [1.54, 1.807) is 30.1 Å². The standard InChI is InChI=1S/C25H27Cl2N3O4.C21H25Cl2N3O.C4H4O3.FH.H2/c1-29(22(16-30-11-5-6-12-30)17-7-3-2-4-8-17)24(32)14-18-13-19(26)20(27)15-21(18)28-23(31)9-10-25(33)34;1-25(21(27)12-16-11-17(22)18(23)13-19(16)24)20(14-26-9-5-6-10-26)15-7-3-2-4-8-15;5-3-1-2-4(6)7-3;;/h2-4,7-10,13,15,22H,5-6,11-12,14,16H2,1H3,(H,28,31)(H,33,34);2-4,7-8,11,13,20H,5-6,9-10,12,14,24H2,1H3;1-2H2;2*1H/b10-9-;;;;/t22-;20-;;;/m11.../s1/i;;;;1+2. The second kappa shape index (κ2) is 27.6. The molecule has 0 aromatic heterocycles. The van der Waals surface area contributed by atoms with E-state index in [1.807, 2.05) is 60.5 Å². The molecule has 0 spiro atoms. The second-order valence-electron chi connectivity index (χ2n) is 16.6. The number of rotatable bonds is 15. The van der Waals surface area contributed by atoms with Crippen LogP contribution in [-0.2, 0) is 46.3 Å². The molecule has 2 atom stereocenters. The first kappa shape index (κ1) is 56.0. The van der Waals surface area contributed by atoms with E-state index in [1.165, 1.54) is 18.9 Å². The molecule has 4 aromatic carbocycles. The number of nitrogens with zero attached hydrogens (tertiary/aromatic N) is 4.